The van der Waals surface area contributed by atoms with Gasteiger partial charge in [0.1, 0.15) is 0 Å². The molecule has 0 amide bonds. The summed E-state index contributed by atoms with van der Waals surface area (Å²) in [6.45, 7) is 8.51. The largest absolute Gasteiger partial charge is 0.312 e. The fourth-order valence-electron chi connectivity index (χ4n) is 3.16. The van der Waals surface area contributed by atoms with Gasteiger partial charge in [-0.3, -0.25) is 0 Å². The Balaban J connectivity index is 1.78. The Hall–Kier alpha value is 0.310. The Morgan fingerprint density at radius 3 is 2.44 bits per heavy atom. The first-order valence-corrected chi connectivity index (χ1v) is 7.97. The Labute approximate surface area is 105 Å². The number of thioether (sulfide) groups is 1. The van der Waals surface area contributed by atoms with Crippen molar-refractivity contribution in [2.24, 2.45) is 11.3 Å². The van der Waals surface area contributed by atoms with Gasteiger partial charge in [-0.1, -0.05) is 20.8 Å². The van der Waals surface area contributed by atoms with Crippen molar-refractivity contribution in [3.8, 4) is 0 Å². The van der Waals surface area contributed by atoms with Crippen LogP contribution in [0.25, 0.3) is 0 Å². The molecular weight excluding hydrogens is 214 g/mol. The summed E-state index contributed by atoms with van der Waals surface area (Å²) in [5, 5.41) is 3.84. The van der Waals surface area contributed by atoms with E-state index in [2.05, 4.69) is 44.1 Å². The second-order valence-electron chi connectivity index (χ2n) is 6.76. The number of hydrogen-bond donors (Lipinski definition) is 1. The average Bonchev–Trinajstić information content (AvgIpc) is 2.96. The molecule has 0 radical (unpaired) electrons. The molecule has 0 aliphatic heterocycles. The van der Waals surface area contributed by atoms with E-state index in [1.165, 1.54) is 38.6 Å². The highest BCUT2D eigenvalue weighted by atomic mass is 32.2. The summed E-state index contributed by atoms with van der Waals surface area (Å²) in [4.78, 5) is 0. The first kappa shape index (κ1) is 12.8. The summed E-state index contributed by atoms with van der Waals surface area (Å²) in [6.07, 6.45) is 9.26. The molecule has 2 rings (SSSR count). The molecule has 16 heavy (non-hydrogen) atoms. The van der Waals surface area contributed by atoms with Crippen LogP contribution in [0.3, 0.4) is 0 Å². The van der Waals surface area contributed by atoms with E-state index in [0.717, 1.165) is 12.0 Å². The van der Waals surface area contributed by atoms with Crippen LogP contribution in [0.15, 0.2) is 0 Å². The summed E-state index contributed by atoms with van der Waals surface area (Å²) in [5.41, 5.74) is 0.578. The minimum atomic E-state index is 0.578. The van der Waals surface area contributed by atoms with E-state index in [1.807, 2.05) is 0 Å². The minimum absolute atomic E-state index is 0.578. The maximum Gasteiger partial charge on any atom is 0.0282 e. The molecule has 2 aliphatic carbocycles. The smallest absolute Gasteiger partial charge is 0.0282 e. The predicted octanol–water partition coefficient (Wildman–Crippen LogP) is 3.69. The maximum absolute atomic E-state index is 3.84. The van der Waals surface area contributed by atoms with Crippen LogP contribution in [-0.2, 0) is 0 Å². The van der Waals surface area contributed by atoms with Crippen molar-refractivity contribution in [3.05, 3.63) is 0 Å². The van der Waals surface area contributed by atoms with Gasteiger partial charge in [0.25, 0.3) is 0 Å². The molecule has 0 bridgehead atoms. The Bertz CT molecular complexity index is 245. The molecule has 1 nitrogen and oxygen atoms in total. The van der Waals surface area contributed by atoms with Gasteiger partial charge >= 0.3 is 0 Å². The first-order valence-electron chi connectivity index (χ1n) is 6.75. The highest BCUT2D eigenvalue weighted by Gasteiger charge is 2.42. The maximum atomic E-state index is 3.84. The molecule has 94 valence electrons. The zero-order valence-corrected chi connectivity index (χ0v) is 12.1. The van der Waals surface area contributed by atoms with Gasteiger partial charge in [-0.15, -0.1) is 0 Å². The van der Waals surface area contributed by atoms with Gasteiger partial charge in [-0.25, -0.2) is 0 Å². The van der Waals surface area contributed by atoms with Gasteiger partial charge in [0, 0.05) is 17.3 Å². The van der Waals surface area contributed by atoms with Gasteiger partial charge in [-0.05, 0) is 49.7 Å². The van der Waals surface area contributed by atoms with Gasteiger partial charge in [0.15, 0.2) is 0 Å². The third-order valence-electron chi connectivity index (χ3n) is 4.62. The Kier molecular flexibility index (Phi) is 3.61. The fourth-order valence-corrected chi connectivity index (χ4v) is 3.90. The second-order valence-corrected chi connectivity index (χ2v) is 8.03. The summed E-state index contributed by atoms with van der Waals surface area (Å²) in [7, 11) is 0. The monoisotopic (exact) mass is 241 g/mol. The van der Waals surface area contributed by atoms with Crippen molar-refractivity contribution >= 4 is 11.8 Å². The third kappa shape index (κ3) is 2.95. The normalized spacial score (nSPS) is 36.0. The zero-order valence-electron chi connectivity index (χ0n) is 11.3. The van der Waals surface area contributed by atoms with Gasteiger partial charge < -0.3 is 5.32 Å². The molecule has 0 saturated heterocycles. The fraction of sp³-hybridized carbons (Fsp3) is 1.00. The molecule has 0 aromatic heterocycles. The molecule has 0 heterocycles. The molecule has 2 heteroatoms. The highest BCUT2D eigenvalue weighted by Crippen LogP contribution is 2.47. The van der Waals surface area contributed by atoms with E-state index in [-0.39, 0.29) is 0 Å². The van der Waals surface area contributed by atoms with Crippen LogP contribution in [0, 0.1) is 11.3 Å². The number of hydrogen-bond acceptors (Lipinski definition) is 2. The second kappa shape index (κ2) is 4.53. The molecule has 0 aromatic carbocycles. The number of rotatable bonds is 4. The summed E-state index contributed by atoms with van der Waals surface area (Å²) in [6, 6.07) is 0.776. The van der Waals surface area contributed by atoms with Crippen LogP contribution in [0.5, 0.6) is 0 Å². The lowest BCUT2D eigenvalue weighted by atomic mass is 9.70. The van der Waals surface area contributed by atoms with Gasteiger partial charge in [0.2, 0.25) is 0 Å². The van der Waals surface area contributed by atoms with Gasteiger partial charge in [0.05, 0.1) is 0 Å². The molecule has 2 saturated carbocycles. The molecule has 0 spiro atoms. The molecule has 2 unspecified atom stereocenters. The molecule has 1 N–H and O–H groups in total. The predicted molar refractivity (Wildman–Crippen MR) is 74.1 cm³/mol. The van der Waals surface area contributed by atoms with Crippen LogP contribution >= 0.6 is 11.8 Å². The summed E-state index contributed by atoms with van der Waals surface area (Å²) in [5.74, 6) is 0.849. The lowest BCUT2D eigenvalue weighted by Gasteiger charge is -2.40. The zero-order chi connectivity index (χ0) is 11.8. The van der Waals surface area contributed by atoms with Gasteiger partial charge in [-0.2, -0.15) is 11.8 Å². The summed E-state index contributed by atoms with van der Waals surface area (Å²) >= 11 is 2.07. The van der Waals surface area contributed by atoms with Crippen LogP contribution in [-0.4, -0.2) is 23.6 Å². The third-order valence-corrected chi connectivity index (χ3v) is 6.04. The molecule has 2 aliphatic rings. The SMILES string of the molecule is CSC1(CNC2CCC(C)(C)CC2C)CC1. The molecular formula is C14H27NS. The van der Waals surface area contributed by atoms with E-state index in [0.29, 0.717) is 10.2 Å². The lowest BCUT2D eigenvalue weighted by Crippen LogP contribution is -2.44. The van der Waals surface area contributed by atoms with Crippen molar-refractivity contribution in [1.29, 1.82) is 0 Å². The van der Waals surface area contributed by atoms with Crippen molar-refractivity contribution in [2.75, 3.05) is 12.8 Å². The first-order chi connectivity index (χ1) is 7.46. The molecule has 2 fully saturated rings. The van der Waals surface area contributed by atoms with E-state index >= 15 is 0 Å². The number of nitrogens with one attached hydrogen (secondary N) is 1. The highest BCUT2D eigenvalue weighted by molar-refractivity contribution is 8.00. The van der Waals surface area contributed by atoms with E-state index in [4.69, 9.17) is 0 Å². The van der Waals surface area contributed by atoms with Crippen molar-refractivity contribution in [1.82, 2.24) is 5.32 Å². The van der Waals surface area contributed by atoms with Crippen molar-refractivity contribution in [3.63, 3.8) is 0 Å². The van der Waals surface area contributed by atoms with Crippen LogP contribution in [0.1, 0.15) is 52.9 Å². The average molecular weight is 241 g/mol. The Morgan fingerprint density at radius 2 is 1.94 bits per heavy atom. The van der Waals surface area contributed by atoms with Crippen molar-refractivity contribution < 1.29 is 0 Å². The molecule has 0 aromatic rings. The Morgan fingerprint density at radius 1 is 1.25 bits per heavy atom. The topological polar surface area (TPSA) is 12.0 Å². The standard InChI is InChI=1S/C14H27NS/c1-11-9-13(2,3)6-5-12(11)15-10-14(16-4)7-8-14/h11-12,15H,5-10H2,1-4H3. The quantitative estimate of drug-likeness (QED) is 0.805. The lowest BCUT2D eigenvalue weighted by molar-refractivity contribution is 0.149. The molecule has 2 atom stereocenters. The van der Waals surface area contributed by atoms with E-state index in [9.17, 15) is 0 Å². The van der Waals surface area contributed by atoms with E-state index in [1.54, 1.807) is 0 Å². The minimum Gasteiger partial charge on any atom is -0.312 e. The van der Waals surface area contributed by atoms with Crippen LogP contribution in [0.4, 0.5) is 0 Å². The van der Waals surface area contributed by atoms with Crippen molar-refractivity contribution in [2.45, 2.75) is 63.7 Å². The van der Waals surface area contributed by atoms with Crippen LogP contribution < -0.4 is 5.32 Å². The van der Waals surface area contributed by atoms with E-state index < -0.39 is 0 Å². The van der Waals surface area contributed by atoms with Crippen LogP contribution in [0.2, 0.25) is 0 Å². The summed E-state index contributed by atoms with van der Waals surface area (Å²) < 4.78 is 0.618.